The Labute approximate surface area is 171 Å². The molecule has 0 unspecified atom stereocenters. The molecule has 2 aromatic carbocycles. The van der Waals surface area contributed by atoms with Gasteiger partial charge in [-0.25, -0.2) is 0 Å². The smallest absolute Gasteiger partial charge is 0.127 e. The maximum absolute atomic E-state index is 5.90. The van der Waals surface area contributed by atoms with Crippen molar-refractivity contribution in [2.75, 3.05) is 7.05 Å². The zero-order valence-corrected chi connectivity index (χ0v) is 17.0. The Bertz CT molecular complexity index is 1070. The molecular weight excluding hydrogens is 362 g/mol. The maximum atomic E-state index is 5.90. The lowest BCUT2D eigenvalue weighted by Crippen LogP contribution is -2.17. The molecule has 29 heavy (non-hydrogen) atoms. The maximum Gasteiger partial charge on any atom is 0.127 e. The highest BCUT2D eigenvalue weighted by atomic mass is 16.5. The molecule has 0 amide bonds. The zero-order chi connectivity index (χ0) is 20.2. The van der Waals surface area contributed by atoms with Crippen LogP contribution < -0.4 is 4.74 Å². The average Bonchev–Trinajstić information content (AvgIpc) is 3.28. The molecule has 0 atom stereocenters. The van der Waals surface area contributed by atoms with Crippen LogP contribution in [0.4, 0.5) is 0 Å². The highest BCUT2D eigenvalue weighted by Crippen LogP contribution is 2.27. The van der Waals surface area contributed by atoms with E-state index in [2.05, 4.69) is 35.4 Å². The topological polar surface area (TPSA) is 48.1 Å². The van der Waals surface area contributed by atoms with E-state index in [1.807, 2.05) is 78.3 Å². The Morgan fingerprint density at radius 1 is 0.862 bits per heavy atom. The van der Waals surface area contributed by atoms with Gasteiger partial charge in [-0.3, -0.25) is 14.3 Å². The fourth-order valence-electron chi connectivity index (χ4n) is 3.41. The quantitative estimate of drug-likeness (QED) is 0.476. The van der Waals surface area contributed by atoms with E-state index in [4.69, 9.17) is 9.84 Å². The summed E-state index contributed by atoms with van der Waals surface area (Å²) < 4.78 is 9.60. The van der Waals surface area contributed by atoms with Crippen molar-refractivity contribution in [2.45, 2.75) is 13.1 Å². The predicted octanol–water partition coefficient (Wildman–Crippen LogP) is 4.24. The van der Waals surface area contributed by atoms with Gasteiger partial charge in [-0.1, -0.05) is 18.2 Å². The van der Waals surface area contributed by atoms with Gasteiger partial charge in [0.2, 0.25) is 0 Å². The van der Waals surface area contributed by atoms with Gasteiger partial charge in [-0.2, -0.15) is 10.2 Å². The van der Waals surface area contributed by atoms with Crippen molar-refractivity contribution in [1.29, 1.82) is 0 Å². The Balaban J connectivity index is 1.48. The van der Waals surface area contributed by atoms with Crippen LogP contribution in [0.5, 0.6) is 11.5 Å². The third-order valence-corrected chi connectivity index (χ3v) is 4.66. The first kappa shape index (κ1) is 19.0. The molecule has 0 N–H and O–H groups in total. The van der Waals surface area contributed by atoms with E-state index in [9.17, 15) is 0 Å². The second-order valence-corrected chi connectivity index (χ2v) is 7.31. The van der Waals surface area contributed by atoms with Gasteiger partial charge in [0, 0.05) is 56.3 Å². The summed E-state index contributed by atoms with van der Waals surface area (Å²) in [6.45, 7) is 1.65. The van der Waals surface area contributed by atoms with Crippen molar-refractivity contribution in [1.82, 2.24) is 24.5 Å². The third-order valence-electron chi connectivity index (χ3n) is 4.66. The summed E-state index contributed by atoms with van der Waals surface area (Å²) in [7, 11) is 6.01. The van der Waals surface area contributed by atoms with Crippen LogP contribution in [0.2, 0.25) is 0 Å². The first-order valence-corrected chi connectivity index (χ1v) is 9.59. The lowest BCUT2D eigenvalue weighted by molar-refractivity contribution is 0.319. The molecule has 6 heteroatoms. The molecule has 0 radical (unpaired) electrons. The number of aryl methyl sites for hydroxylation is 2. The zero-order valence-electron chi connectivity index (χ0n) is 17.0. The van der Waals surface area contributed by atoms with Crippen LogP contribution in [0.15, 0.2) is 73.2 Å². The monoisotopic (exact) mass is 387 g/mol. The van der Waals surface area contributed by atoms with Gasteiger partial charge in [-0.05, 0) is 43.4 Å². The van der Waals surface area contributed by atoms with E-state index in [-0.39, 0.29) is 0 Å². The SMILES string of the molecule is CN(Cc1cnn(C)c1)Cc1cn(C)nc1-c1ccc(Oc2ccccc2)cc1. The van der Waals surface area contributed by atoms with Crippen LogP contribution in [0.3, 0.4) is 0 Å². The third kappa shape index (κ3) is 4.73. The molecule has 0 spiro atoms. The molecule has 6 nitrogen and oxygen atoms in total. The van der Waals surface area contributed by atoms with Crippen molar-refractivity contribution in [2.24, 2.45) is 14.1 Å². The number of aromatic nitrogens is 4. The van der Waals surface area contributed by atoms with Crippen molar-refractivity contribution in [3.63, 3.8) is 0 Å². The normalized spacial score (nSPS) is 11.2. The van der Waals surface area contributed by atoms with Crippen LogP contribution in [0.1, 0.15) is 11.1 Å². The summed E-state index contributed by atoms with van der Waals surface area (Å²) in [4.78, 5) is 2.27. The van der Waals surface area contributed by atoms with Crippen molar-refractivity contribution >= 4 is 0 Å². The molecule has 2 aromatic heterocycles. The van der Waals surface area contributed by atoms with Crippen LogP contribution in [0, 0.1) is 0 Å². The first-order chi connectivity index (χ1) is 14.1. The Morgan fingerprint density at radius 2 is 1.59 bits per heavy atom. The number of hydrogen-bond donors (Lipinski definition) is 0. The second kappa shape index (κ2) is 8.32. The molecule has 0 saturated heterocycles. The molecule has 0 aliphatic carbocycles. The van der Waals surface area contributed by atoms with Gasteiger partial charge in [0.05, 0.1) is 11.9 Å². The molecule has 4 rings (SSSR count). The predicted molar refractivity (Wildman–Crippen MR) is 114 cm³/mol. The van der Waals surface area contributed by atoms with E-state index < -0.39 is 0 Å². The van der Waals surface area contributed by atoms with Gasteiger partial charge in [0.1, 0.15) is 11.5 Å². The second-order valence-electron chi connectivity index (χ2n) is 7.31. The number of ether oxygens (including phenoxy) is 1. The van der Waals surface area contributed by atoms with E-state index in [0.717, 1.165) is 35.8 Å². The number of benzene rings is 2. The van der Waals surface area contributed by atoms with E-state index in [0.29, 0.717) is 0 Å². The molecule has 0 fully saturated rings. The summed E-state index contributed by atoms with van der Waals surface area (Å²) in [6.07, 6.45) is 6.04. The number of hydrogen-bond acceptors (Lipinski definition) is 4. The largest absolute Gasteiger partial charge is 0.457 e. The Hall–Kier alpha value is -3.38. The summed E-state index contributed by atoms with van der Waals surface area (Å²) in [5.74, 6) is 1.64. The van der Waals surface area contributed by atoms with E-state index >= 15 is 0 Å². The van der Waals surface area contributed by atoms with Crippen LogP contribution in [-0.4, -0.2) is 31.5 Å². The fourth-order valence-corrected chi connectivity index (χ4v) is 3.41. The summed E-state index contributed by atoms with van der Waals surface area (Å²) >= 11 is 0. The van der Waals surface area contributed by atoms with Crippen molar-refractivity contribution in [3.05, 3.63) is 84.3 Å². The highest BCUT2D eigenvalue weighted by molar-refractivity contribution is 5.63. The molecule has 0 aliphatic heterocycles. The average molecular weight is 387 g/mol. The first-order valence-electron chi connectivity index (χ1n) is 9.59. The van der Waals surface area contributed by atoms with Crippen LogP contribution in [-0.2, 0) is 27.2 Å². The molecule has 0 aliphatic rings. The van der Waals surface area contributed by atoms with E-state index in [1.54, 1.807) is 0 Å². The van der Waals surface area contributed by atoms with Gasteiger partial charge in [0.15, 0.2) is 0 Å². The summed E-state index contributed by atoms with van der Waals surface area (Å²) in [6, 6.07) is 17.9. The molecule has 0 bridgehead atoms. The molecule has 2 heterocycles. The minimum atomic E-state index is 0.806. The standard InChI is InChI=1S/C23H25N5O/c1-26(14-18-13-24-27(2)15-18)16-20-17-28(3)25-23(20)19-9-11-22(12-10-19)29-21-7-5-4-6-8-21/h4-13,15,17H,14,16H2,1-3H3. The molecule has 0 saturated carbocycles. The van der Waals surface area contributed by atoms with Crippen molar-refractivity contribution < 1.29 is 4.74 Å². The van der Waals surface area contributed by atoms with Crippen LogP contribution >= 0.6 is 0 Å². The number of rotatable bonds is 7. The molecule has 148 valence electrons. The Morgan fingerprint density at radius 3 is 2.28 bits per heavy atom. The summed E-state index contributed by atoms with van der Waals surface area (Å²) in [5.41, 5.74) is 4.46. The van der Waals surface area contributed by atoms with Gasteiger partial charge >= 0.3 is 0 Å². The lowest BCUT2D eigenvalue weighted by atomic mass is 10.1. The number of nitrogens with zero attached hydrogens (tertiary/aromatic N) is 5. The lowest BCUT2D eigenvalue weighted by Gasteiger charge is -2.15. The van der Waals surface area contributed by atoms with Gasteiger partial charge in [-0.15, -0.1) is 0 Å². The van der Waals surface area contributed by atoms with Crippen molar-refractivity contribution in [3.8, 4) is 22.8 Å². The van der Waals surface area contributed by atoms with Crippen LogP contribution in [0.25, 0.3) is 11.3 Å². The fraction of sp³-hybridized carbons (Fsp3) is 0.217. The van der Waals surface area contributed by atoms with Gasteiger partial charge in [0.25, 0.3) is 0 Å². The summed E-state index contributed by atoms with van der Waals surface area (Å²) in [5, 5.41) is 8.94. The Kier molecular flexibility index (Phi) is 5.44. The number of para-hydroxylation sites is 1. The molecular formula is C23H25N5O. The van der Waals surface area contributed by atoms with E-state index in [1.165, 1.54) is 11.1 Å². The molecule has 4 aromatic rings. The minimum absolute atomic E-state index is 0.806. The highest BCUT2D eigenvalue weighted by Gasteiger charge is 2.13. The van der Waals surface area contributed by atoms with Gasteiger partial charge < -0.3 is 4.74 Å². The minimum Gasteiger partial charge on any atom is -0.457 e.